The van der Waals surface area contributed by atoms with Crippen LogP contribution in [0.25, 0.3) is 0 Å². The van der Waals surface area contributed by atoms with Gasteiger partial charge < -0.3 is 15.4 Å². The van der Waals surface area contributed by atoms with Gasteiger partial charge in [0.1, 0.15) is 11.6 Å². The first kappa shape index (κ1) is 24.0. The molecule has 0 unspecified atom stereocenters. The first-order chi connectivity index (χ1) is 14.9. The molecule has 0 saturated heterocycles. The van der Waals surface area contributed by atoms with Crippen LogP contribution >= 0.6 is 15.9 Å². The Morgan fingerprint density at radius 3 is 2.55 bits per heavy atom. The molecule has 0 aliphatic rings. The molecule has 10 heteroatoms. The smallest absolute Gasteiger partial charge is 0.329 e. The van der Waals surface area contributed by atoms with Crippen molar-refractivity contribution in [3.05, 3.63) is 58.3 Å². The Balaban J connectivity index is 1.77. The number of nitrogens with zero attached hydrogens (tertiary/aromatic N) is 1. The second-order valence-electron chi connectivity index (χ2n) is 6.34. The topological polar surface area (TPSA) is 109 Å². The summed E-state index contributed by atoms with van der Waals surface area (Å²) in [7, 11) is 0. The Morgan fingerprint density at radius 1 is 1.13 bits per heavy atom. The molecule has 8 nitrogen and oxygen atoms in total. The molecule has 3 amide bonds. The summed E-state index contributed by atoms with van der Waals surface area (Å²) in [6.45, 7) is 2.11. The van der Waals surface area contributed by atoms with Crippen LogP contribution in [0.5, 0.6) is 5.75 Å². The maximum atomic E-state index is 13.7. The molecule has 0 aliphatic carbocycles. The number of rotatable bonds is 9. The van der Waals surface area contributed by atoms with Crippen molar-refractivity contribution in [2.24, 2.45) is 5.10 Å². The maximum absolute atomic E-state index is 13.7. The van der Waals surface area contributed by atoms with Gasteiger partial charge in [0.15, 0.2) is 6.61 Å². The lowest BCUT2D eigenvalue weighted by molar-refractivity contribution is -0.139. The van der Waals surface area contributed by atoms with Crippen molar-refractivity contribution in [3.63, 3.8) is 0 Å². The van der Waals surface area contributed by atoms with Crippen molar-refractivity contribution in [1.82, 2.24) is 10.7 Å². The van der Waals surface area contributed by atoms with Gasteiger partial charge in [0.05, 0.1) is 11.9 Å². The highest BCUT2D eigenvalue weighted by Gasteiger charge is 2.11. The summed E-state index contributed by atoms with van der Waals surface area (Å²) in [6.07, 6.45) is 3.07. The highest BCUT2D eigenvalue weighted by Crippen LogP contribution is 2.19. The van der Waals surface area contributed by atoms with Crippen LogP contribution in [0.2, 0.25) is 0 Å². The third-order valence-electron chi connectivity index (χ3n) is 3.86. The number of unbranched alkanes of at least 4 members (excludes halogenated alkanes) is 1. The third kappa shape index (κ3) is 8.55. The van der Waals surface area contributed by atoms with E-state index in [0.717, 1.165) is 12.8 Å². The van der Waals surface area contributed by atoms with Crippen LogP contribution in [-0.2, 0) is 14.4 Å². The largest absolute Gasteiger partial charge is 0.484 e. The highest BCUT2D eigenvalue weighted by atomic mass is 79.9. The van der Waals surface area contributed by atoms with E-state index >= 15 is 0 Å². The number of amides is 3. The number of ether oxygens (including phenoxy) is 1. The summed E-state index contributed by atoms with van der Waals surface area (Å²) in [5.74, 6) is -2.23. The molecule has 0 radical (unpaired) electrons. The van der Waals surface area contributed by atoms with Gasteiger partial charge in [0.2, 0.25) is 0 Å². The van der Waals surface area contributed by atoms with Crippen LogP contribution in [-0.4, -0.2) is 37.1 Å². The van der Waals surface area contributed by atoms with Gasteiger partial charge in [0, 0.05) is 11.0 Å². The van der Waals surface area contributed by atoms with Crippen LogP contribution in [0.1, 0.15) is 25.3 Å². The second-order valence-corrected chi connectivity index (χ2v) is 7.25. The number of halogens is 2. The van der Waals surface area contributed by atoms with E-state index in [2.05, 4.69) is 37.1 Å². The molecular formula is C21H22BrFN4O4. The third-order valence-corrected chi connectivity index (χ3v) is 4.35. The molecule has 2 aromatic rings. The number of hydrazone groups is 1. The fraction of sp³-hybridized carbons (Fsp3) is 0.238. The molecule has 0 saturated carbocycles. The van der Waals surface area contributed by atoms with Gasteiger partial charge in [-0.1, -0.05) is 29.3 Å². The molecule has 3 N–H and O–H groups in total. The minimum absolute atomic E-state index is 0.0597. The van der Waals surface area contributed by atoms with Gasteiger partial charge in [-0.25, -0.2) is 9.82 Å². The number of benzene rings is 2. The van der Waals surface area contributed by atoms with Crippen molar-refractivity contribution in [3.8, 4) is 5.75 Å². The average molecular weight is 493 g/mol. The number of carbonyl (C=O) groups is 3. The molecule has 164 valence electrons. The number of anilines is 1. The second kappa shape index (κ2) is 12.4. The van der Waals surface area contributed by atoms with E-state index in [0.29, 0.717) is 22.3 Å². The van der Waals surface area contributed by atoms with E-state index < -0.39 is 23.5 Å². The number of hydrogen-bond acceptors (Lipinski definition) is 5. The predicted molar refractivity (Wildman–Crippen MR) is 118 cm³/mol. The van der Waals surface area contributed by atoms with Gasteiger partial charge >= 0.3 is 11.8 Å². The summed E-state index contributed by atoms with van der Waals surface area (Å²) in [5.41, 5.74) is 2.84. The lowest BCUT2D eigenvalue weighted by Gasteiger charge is -2.08. The molecule has 0 aromatic heterocycles. The quantitative estimate of drug-likeness (QED) is 0.216. The number of carbonyl (C=O) groups excluding carboxylic acids is 3. The molecule has 2 aromatic carbocycles. The van der Waals surface area contributed by atoms with Crippen molar-refractivity contribution in [2.75, 3.05) is 18.5 Å². The molecule has 0 spiro atoms. The van der Waals surface area contributed by atoms with Gasteiger partial charge in [0.25, 0.3) is 5.91 Å². The van der Waals surface area contributed by atoms with Crippen molar-refractivity contribution in [2.45, 2.75) is 19.8 Å². The van der Waals surface area contributed by atoms with Crippen LogP contribution in [0, 0.1) is 5.82 Å². The average Bonchev–Trinajstić information content (AvgIpc) is 2.75. The van der Waals surface area contributed by atoms with Crippen LogP contribution < -0.4 is 20.8 Å². The van der Waals surface area contributed by atoms with E-state index in [9.17, 15) is 18.8 Å². The minimum Gasteiger partial charge on any atom is -0.484 e. The predicted octanol–water partition coefficient (Wildman–Crippen LogP) is 2.97. The van der Waals surface area contributed by atoms with Crippen molar-refractivity contribution >= 4 is 45.6 Å². The zero-order valence-electron chi connectivity index (χ0n) is 16.8. The Bertz CT molecular complexity index is 951. The summed E-state index contributed by atoms with van der Waals surface area (Å²) in [6, 6.07) is 10.8. The van der Waals surface area contributed by atoms with E-state index in [1.807, 2.05) is 6.92 Å². The van der Waals surface area contributed by atoms with Crippen molar-refractivity contribution in [1.29, 1.82) is 0 Å². The fourth-order valence-corrected chi connectivity index (χ4v) is 2.58. The van der Waals surface area contributed by atoms with E-state index in [4.69, 9.17) is 4.74 Å². The fourth-order valence-electron chi connectivity index (χ4n) is 2.25. The Morgan fingerprint density at radius 2 is 1.87 bits per heavy atom. The SMILES string of the molecule is CCCCNC(=O)C(=O)N/N=C\c1ccc(OCC(=O)Nc2ccc(Br)cc2F)cc1. The van der Waals surface area contributed by atoms with Gasteiger partial charge in [-0.15, -0.1) is 0 Å². The number of nitrogens with one attached hydrogen (secondary N) is 3. The van der Waals surface area contributed by atoms with E-state index in [-0.39, 0.29) is 12.3 Å². The molecule has 0 atom stereocenters. The van der Waals surface area contributed by atoms with E-state index in [1.165, 1.54) is 18.3 Å². The maximum Gasteiger partial charge on any atom is 0.329 e. The normalized spacial score (nSPS) is 10.5. The van der Waals surface area contributed by atoms with Crippen LogP contribution in [0.3, 0.4) is 0 Å². The summed E-state index contributed by atoms with van der Waals surface area (Å²) in [4.78, 5) is 35.0. The molecule has 0 fully saturated rings. The molecule has 0 aliphatic heterocycles. The number of hydrogen-bond donors (Lipinski definition) is 3. The standard InChI is InChI=1S/C21H22BrFN4O4/c1-2-3-10-24-20(29)21(30)27-25-12-14-4-7-16(8-5-14)31-13-19(28)26-18-9-6-15(22)11-17(18)23/h4-9,11-12H,2-3,10,13H2,1H3,(H,24,29)(H,26,28)(H,27,30)/b25-12-. The first-order valence-electron chi connectivity index (χ1n) is 9.48. The van der Waals surface area contributed by atoms with Crippen LogP contribution in [0.15, 0.2) is 52.0 Å². The highest BCUT2D eigenvalue weighted by molar-refractivity contribution is 9.10. The Labute approximate surface area is 187 Å². The summed E-state index contributed by atoms with van der Waals surface area (Å²) >= 11 is 3.14. The van der Waals surface area contributed by atoms with Gasteiger partial charge in [-0.05, 0) is 54.4 Å². The van der Waals surface area contributed by atoms with E-state index in [1.54, 1.807) is 30.3 Å². The minimum atomic E-state index is -0.847. The Kier molecular flexibility index (Phi) is 9.63. The van der Waals surface area contributed by atoms with Crippen LogP contribution in [0.4, 0.5) is 10.1 Å². The van der Waals surface area contributed by atoms with Crippen molar-refractivity contribution < 1.29 is 23.5 Å². The summed E-state index contributed by atoms with van der Waals surface area (Å²) in [5, 5.41) is 8.64. The van der Waals surface area contributed by atoms with Gasteiger partial charge in [-0.3, -0.25) is 14.4 Å². The monoisotopic (exact) mass is 492 g/mol. The molecule has 0 heterocycles. The Hall–Kier alpha value is -3.27. The first-order valence-corrected chi connectivity index (χ1v) is 10.3. The zero-order valence-corrected chi connectivity index (χ0v) is 18.4. The lowest BCUT2D eigenvalue weighted by atomic mass is 10.2. The molecule has 31 heavy (non-hydrogen) atoms. The van der Waals surface area contributed by atoms with Gasteiger partial charge in [-0.2, -0.15) is 5.10 Å². The molecule has 2 rings (SSSR count). The molecular weight excluding hydrogens is 471 g/mol. The lowest BCUT2D eigenvalue weighted by Crippen LogP contribution is -2.38. The molecule has 0 bridgehead atoms. The zero-order chi connectivity index (χ0) is 22.6. The summed E-state index contributed by atoms with van der Waals surface area (Å²) < 4.78 is 19.7.